The molecule has 3 rings (SSSR count). The van der Waals surface area contributed by atoms with Crippen molar-refractivity contribution >= 4 is 38.3 Å². The standard InChI is InChI=1S/C17H11BrClFO/c18-13-9-8-12(10-4-1-2-5-11(10)13)17(21)16-14(19)6-3-7-15(16)20/h1-9,17,21H. The molecular weight excluding hydrogens is 355 g/mol. The van der Waals surface area contributed by atoms with Crippen LogP contribution in [0.4, 0.5) is 4.39 Å². The van der Waals surface area contributed by atoms with E-state index in [1.54, 1.807) is 12.1 Å². The first-order valence-electron chi connectivity index (χ1n) is 6.38. The van der Waals surface area contributed by atoms with Crippen molar-refractivity contribution in [2.24, 2.45) is 0 Å². The van der Waals surface area contributed by atoms with Gasteiger partial charge in [-0.1, -0.05) is 63.9 Å². The highest BCUT2D eigenvalue weighted by atomic mass is 79.9. The molecule has 0 saturated carbocycles. The number of benzene rings is 3. The van der Waals surface area contributed by atoms with E-state index in [1.807, 2.05) is 30.3 Å². The second-order valence-corrected chi connectivity index (χ2v) is 5.98. The van der Waals surface area contributed by atoms with Gasteiger partial charge in [0.25, 0.3) is 0 Å². The van der Waals surface area contributed by atoms with Crippen LogP contribution in [0.3, 0.4) is 0 Å². The molecule has 106 valence electrons. The van der Waals surface area contributed by atoms with Gasteiger partial charge in [-0.3, -0.25) is 0 Å². The third-order valence-corrected chi connectivity index (χ3v) is 4.49. The average molecular weight is 366 g/mol. The van der Waals surface area contributed by atoms with Gasteiger partial charge in [0.05, 0.1) is 0 Å². The molecule has 0 bridgehead atoms. The molecule has 0 radical (unpaired) electrons. The molecule has 0 saturated heterocycles. The molecule has 0 aromatic heterocycles. The maximum absolute atomic E-state index is 14.0. The Morgan fingerprint density at radius 3 is 2.38 bits per heavy atom. The topological polar surface area (TPSA) is 20.2 Å². The minimum absolute atomic E-state index is 0.103. The summed E-state index contributed by atoms with van der Waals surface area (Å²) in [6.07, 6.45) is -1.11. The molecule has 3 aromatic carbocycles. The van der Waals surface area contributed by atoms with Crippen LogP contribution in [0.15, 0.2) is 59.1 Å². The highest BCUT2D eigenvalue weighted by Gasteiger charge is 2.20. The van der Waals surface area contributed by atoms with Gasteiger partial charge in [-0.2, -0.15) is 0 Å². The average Bonchev–Trinajstić information content (AvgIpc) is 2.47. The molecule has 0 fully saturated rings. The molecule has 3 aromatic rings. The van der Waals surface area contributed by atoms with Gasteiger partial charge in [-0.15, -0.1) is 0 Å². The normalized spacial score (nSPS) is 12.6. The highest BCUT2D eigenvalue weighted by Crippen LogP contribution is 2.36. The van der Waals surface area contributed by atoms with Gasteiger partial charge in [0.2, 0.25) is 0 Å². The molecule has 4 heteroatoms. The Bertz CT molecular complexity index is 799. The lowest BCUT2D eigenvalue weighted by molar-refractivity contribution is 0.216. The van der Waals surface area contributed by atoms with E-state index >= 15 is 0 Å². The third kappa shape index (κ3) is 2.57. The van der Waals surface area contributed by atoms with Crippen molar-refractivity contribution in [3.63, 3.8) is 0 Å². The fraction of sp³-hybridized carbons (Fsp3) is 0.0588. The lowest BCUT2D eigenvalue weighted by Gasteiger charge is -2.17. The van der Waals surface area contributed by atoms with Crippen LogP contribution < -0.4 is 0 Å². The van der Waals surface area contributed by atoms with Crippen LogP contribution in [0.5, 0.6) is 0 Å². The molecule has 0 amide bonds. The van der Waals surface area contributed by atoms with Gasteiger partial charge in [0.1, 0.15) is 11.9 Å². The summed E-state index contributed by atoms with van der Waals surface area (Å²) in [6.45, 7) is 0. The number of rotatable bonds is 2. The van der Waals surface area contributed by atoms with Gasteiger partial charge >= 0.3 is 0 Å². The zero-order chi connectivity index (χ0) is 15.0. The highest BCUT2D eigenvalue weighted by molar-refractivity contribution is 9.10. The molecule has 0 aliphatic carbocycles. The molecule has 1 N–H and O–H groups in total. The van der Waals surface area contributed by atoms with Gasteiger partial charge in [0.15, 0.2) is 0 Å². The maximum Gasteiger partial charge on any atom is 0.130 e. The largest absolute Gasteiger partial charge is 0.383 e. The SMILES string of the molecule is OC(c1c(F)cccc1Cl)c1ccc(Br)c2ccccc12. The van der Waals surface area contributed by atoms with Crippen LogP contribution in [0.1, 0.15) is 17.2 Å². The van der Waals surface area contributed by atoms with Crippen LogP contribution in [-0.4, -0.2) is 5.11 Å². The first kappa shape index (κ1) is 14.5. The third-order valence-electron chi connectivity index (χ3n) is 3.47. The molecular formula is C17H11BrClFO. The first-order valence-corrected chi connectivity index (χ1v) is 7.56. The summed E-state index contributed by atoms with van der Waals surface area (Å²) in [5, 5.41) is 12.6. The van der Waals surface area contributed by atoms with Crippen LogP contribution >= 0.6 is 27.5 Å². The number of aliphatic hydroxyl groups excluding tert-OH is 1. The Morgan fingerprint density at radius 1 is 0.952 bits per heavy atom. The second kappa shape index (κ2) is 5.76. The summed E-state index contributed by atoms with van der Waals surface area (Å²) < 4.78 is 14.9. The summed E-state index contributed by atoms with van der Waals surface area (Å²) in [4.78, 5) is 0. The smallest absolute Gasteiger partial charge is 0.130 e. The summed E-state index contributed by atoms with van der Waals surface area (Å²) in [5.74, 6) is -0.512. The minimum atomic E-state index is -1.11. The summed E-state index contributed by atoms with van der Waals surface area (Å²) in [5.41, 5.74) is 0.729. The molecule has 21 heavy (non-hydrogen) atoms. The van der Waals surface area contributed by atoms with Gasteiger partial charge in [0, 0.05) is 15.1 Å². The molecule has 1 atom stereocenters. The molecule has 0 spiro atoms. The van der Waals surface area contributed by atoms with E-state index in [9.17, 15) is 9.50 Å². The summed E-state index contributed by atoms with van der Waals surface area (Å²) in [6, 6.07) is 15.7. The Morgan fingerprint density at radius 2 is 1.67 bits per heavy atom. The van der Waals surface area contributed by atoms with Crippen LogP contribution in [0.2, 0.25) is 5.02 Å². The quantitative estimate of drug-likeness (QED) is 0.638. The van der Waals surface area contributed by atoms with E-state index in [2.05, 4.69) is 15.9 Å². The predicted octanol–water partition coefficient (Wildman–Crippen LogP) is 5.48. The van der Waals surface area contributed by atoms with E-state index in [1.165, 1.54) is 12.1 Å². The Kier molecular flexibility index (Phi) is 3.98. The summed E-state index contributed by atoms with van der Waals surface area (Å²) >= 11 is 9.53. The van der Waals surface area contributed by atoms with E-state index in [4.69, 9.17) is 11.6 Å². The van der Waals surface area contributed by atoms with Gasteiger partial charge in [-0.25, -0.2) is 4.39 Å². The van der Waals surface area contributed by atoms with Crippen molar-refractivity contribution in [1.82, 2.24) is 0 Å². The molecule has 1 nitrogen and oxygen atoms in total. The Balaban J connectivity index is 2.23. The minimum Gasteiger partial charge on any atom is -0.383 e. The Hall–Kier alpha value is -1.42. The number of aliphatic hydroxyl groups is 1. The molecule has 0 heterocycles. The first-order chi connectivity index (χ1) is 10.1. The van der Waals surface area contributed by atoms with Crippen molar-refractivity contribution < 1.29 is 9.50 Å². The lowest BCUT2D eigenvalue weighted by Crippen LogP contribution is -2.04. The van der Waals surface area contributed by atoms with Crippen LogP contribution in [0.25, 0.3) is 10.8 Å². The van der Waals surface area contributed by atoms with Crippen molar-refractivity contribution in [2.45, 2.75) is 6.10 Å². The van der Waals surface area contributed by atoms with Crippen molar-refractivity contribution in [1.29, 1.82) is 0 Å². The zero-order valence-corrected chi connectivity index (χ0v) is 13.2. The lowest BCUT2D eigenvalue weighted by atomic mass is 9.95. The fourth-order valence-corrected chi connectivity index (χ4v) is 3.20. The van der Waals surface area contributed by atoms with Crippen molar-refractivity contribution in [3.8, 4) is 0 Å². The molecule has 1 unspecified atom stereocenters. The summed E-state index contributed by atoms with van der Waals surface area (Å²) in [7, 11) is 0. The zero-order valence-electron chi connectivity index (χ0n) is 10.9. The van der Waals surface area contributed by atoms with Gasteiger partial charge < -0.3 is 5.11 Å². The second-order valence-electron chi connectivity index (χ2n) is 4.72. The molecule has 0 aliphatic heterocycles. The monoisotopic (exact) mass is 364 g/mol. The fourth-order valence-electron chi connectivity index (χ4n) is 2.45. The van der Waals surface area contributed by atoms with Gasteiger partial charge in [-0.05, 0) is 34.5 Å². The maximum atomic E-state index is 14.0. The predicted molar refractivity (Wildman–Crippen MR) is 87.1 cm³/mol. The van der Waals surface area contributed by atoms with E-state index in [-0.39, 0.29) is 10.6 Å². The number of hydrogen-bond donors (Lipinski definition) is 1. The van der Waals surface area contributed by atoms with Crippen molar-refractivity contribution in [3.05, 3.63) is 81.0 Å². The number of halogens is 3. The van der Waals surface area contributed by atoms with E-state index in [0.29, 0.717) is 5.56 Å². The van der Waals surface area contributed by atoms with Crippen LogP contribution in [-0.2, 0) is 0 Å². The van der Waals surface area contributed by atoms with E-state index in [0.717, 1.165) is 15.2 Å². The number of hydrogen-bond acceptors (Lipinski definition) is 1. The number of fused-ring (bicyclic) bond motifs is 1. The van der Waals surface area contributed by atoms with Crippen LogP contribution in [0, 0.1) is 5.82 Å². The van der Waals surface area contributed by atoms with E-state index < -0.39 is 11.9 Å². The Labute approximate surface area is 135 Å². The van der Waals surface area contributed by atoms with Crippen molar-refractivity contribution in [2.75, 3.05) is 0 Å². The molecule has 0 aliphatic rings.